The van der Waals surface area contributed by atoms with Crippen LogP contribution in [0.1, 0.15) is 22.0 Å². The average Bonchev–Trinajstić information content (AvgIpc) is 3.19. The maximum Gasteiger partial charge on any atom is 0.387 e. The molecule has 0 spiro atoms. The zero-order valence-electron chi connectivity index (χ0n) is 15.7. The SMILES string of the molecule is O=C(OC(CNS(=O)(=O)c1ccc(Cl)s1)c1ccccc1)c1ccc(OC(F)F)cc1. The summed E-state index contributed by atoms with van der Waals surface area (Å²) in [7, 11) is -3.85. The van der Waals surface area contributed by atoms with Gasteiger partial charge in [0.05, 0.1) is 16.4 Å². The fraction of sp³-hybridized carbons (Fsp3) is 0.150. The van der Waals surface area contributed by atoms with E-state index >= 15 is 0 Å². The highest BCUT2D eigenvalue weighted by atomic mass is 35.5. The molecule has 1 N–H and O–H groups in total. The number of halogens is 3. The van der Waals surface area contributed by atoms with Gasteiger partial charge in [-0.2, -0.15) is 8.78 Å². The Kier molecular flexibility index (Phi) is 7.60. The summed E-state index contributed by atoms with van der Waals surface area (Å²) in [6.45, 7) is -3.20. The first-order valence-electron chi connectivity index (χ1n) is 8.80. The smallest absolute Gasteiger partial charge is 0.387 e. The summed E-state index contributed by atoms with van der Waals surface area (Å²) in [5, 5.41) is 0. The summed E-state index contributed by atoms with van der Waals surface area (Å²) in [4.78, 5) is 12.6. The molecule has 31 heavy (non-hydrogen) atoms. The Balaban J connectivity index is 1.74. The summed E-state index contributed by atoms with van der Waals surface area (Å²) >= 11 is 6.71. The molecule has 0 saturated heterocycles. The predicted octanol–water partition coefficient (Wildman–Crippen LogP) is 4.88. The molecular weight excluding hydrogens is 472 g/mol. The summed E-state index contributed by atoms with van der Waals surface area (Å²) in [5.74, 6) is -0.857. The summed E-state index contributed by atoms with van der Waals surface area (Å²) in [6.07, 6.45) is -0.934. The third-order valence-corrected chi connectivity index (χ3v) is 7.15. The molecule has 2 aromatic carbocycles. The van der Waals surface area contributed by atoms with Gasteiger partial charge in [-0.1, -0.05) is 41.9 Å². The molecule has 6 nitrogen and oxygen atoms in total. The second-order valence-corrected chi connectivity index (χ2v) is 9.83. The number of thiophene rings is 1. The Morgan fingerprint density at radius 2 is 1.71 bits per heavy atom. The van der Waals surface area contributed by atoms with Crippen molar-refractivity contribution in [2.75, 3.05) is 6.54 Å². The number of sulfonamides is 1. The van der Waals surface area contributed by atoms with Crippen molar-refractivity contribution in [1.29, 1.82) is 0 Å². The standard InChI is InChI=1S/C20H16ClF2NO5S2/c21-17-10-11-18(30-17)31(26,27)24-12-16(13-4-2-1-3-5-13)29-19(25)14-6-8-15(9-7-14)28-20(22)23/h1-11,16,20,24H,12H2. The summed E-state index contributed by atoms with van der Waals surface area (Å²) < 4.78 is 62.0. The van der Waals surface area contributed by atoms with Crippen molar-refractivity contribution < 1.29 is 31.5 Å². The number of benzene rings is 2. The lowest BCUT2D eigenvalue weighted by Crippen LogP contribution is -2.30. The van der Waals surface area contributed by atoms with Gasteiger partial charge < -0.3 is 9.47 Å². The van der Waals surface area contributed by atoms with E-state index in [1.807, 2.05) is 0 Å². The Labute approximate surface area is 186 Å². The van der Waals surface area contributed by atoms with Gasteiger partial charge in [-0.25, -0.2) is 17.9 Å². The van der Waals surface area contributed by atoms with Crippen LogP contribution in [0.4, 0.5) is 8.78 Å². The van der Waals surface area contributed by atoms with Crippen LogP contribution < -0.4 is 9.46 Å². The highest BCUT2D eigenvalue weighted by Gasteiger charge is 2.23. The van der Waals surface area contributed by atoms with Gasteiger partial charge in [0.15, 0.2) is 0 Å². The van der Waals surface area contributed by atoms with E-state index in [0.29, 0.717) is 9.90 Å². The molecule has 11 heteroatoms. The lowest BCUT2D eigenvalue weighted by Gasteiger charge is -2.19. The fourth-order valence-electron chi connectivity index (χ4n) is 2.56. The van der Waals surface area contributed by atoms with Gasteiger partial charge >= 0.3 is 12.6 Å². The second-order valence-electron chi connectivity index (χ2n) is 6.12. The number of ether oxygens (including phenoxy) is 2. The minimum Gasteiger partial charge on any atom is -0.452 e. The molecule has 0 radical (unpaired) electrons. The third-order valence-electron chi connectivity index (χ3n) is 4.01. The van der Waals surface area contributed by atoms with Crippen LogP contribution in [0.15, 0.2) is 70.9 Å². The quantitative estimate of drug-likeness (QED) is 0.435. The van der Waals surface area contributed by atoms with E-state index in [0.717, 1.165) is 11.3 Å². The maximum atomic E-state index is 12.6. The van der Waals surface area contributed by atoms with E-state index in [1.54, 1.807) is 30.3 Å². The maximum absolute atomic E-state index is 12.6. The largest absolute Gasteiger partial charge is 0.452 e. The second kappa shape index (κ2) is 10.2. The molecule has 3 aromatic rings. The molecule has 0 amide bonds. The topological polar surface area (TPSA) is 81.7 Å². The van der Waals surface area contributed by atoms with Crippen LogP contribution in [0.3, 0.4) is 0 Å². The summed E-state index contributed by atoms with van der Waals surface area (Å²) in [6, 6.07) is 16.4. The van der Waals surface area contributed by atoms with E-state index in [2.05, 4.69) is 9.46 Å². The van der Waals surface area contributed by atoms with Crippen LogP contribution in [0.2, 0.25) is 4.34 Å². The first kappa shape index (κ1) is 23.1. The molecule has 0 saturated carbocycles. The van der Waals surface area contributed by atoms with Crippen molar-refractivity contribution in [2.45, 2.75) is 16.9 Å². The first-order chi connectivity index (χ1) is 14.7. The Hall–Kier alpha value is -2.53. The number of hydrogen-bond donors (Lipinski definition) is 1. The first-order valence-corrected chi connectivity index (χ1v) is 11.5. The molecule has 1 unspecified atom stereocenters. The predicted molar refractivity (Wildman–Crippen MR) is 112 cm³/mol. The molecule has 0 fully saturated rings. The van der Waals surface area contributed by atoms with Gasteiger partial charge in [0, 0.05) is 0 Å². The van der Waals surface area contributed by atoms with Crippen molar-refractivity contribution in [3.63, 3.8) is 0 Å². The monoisotopic (exact) mass is 487 g/mol. The zero-order chi connectivity index (χ0) is 22.4. The normalized spacial score (nSPS) is 12.5. The molecule has 1 heterocycles. The number of carbonyl (C=O) groups is 1. The van der Waals surface area contributed by atoms with E-state index in [9.17, 15) is 22.0 Å². The minimum atomic E-state index is -3.85. The lowest BCUT2D eigenvalue weighted by atomic mass is 10.1. The van der Waals surface area contributed by atoms with E-state index in [4.69, 9.17) is 16.3 Å². The fourth-order valence-corrected chi connectivity index (χ4v) is 5.12. The van der Waals surface area contributed by atoms with Gasteiger partial charge in [-0.3, -0.25) is 0 Å². The number of alkyl halides is 2. The van der Waals surface area contributed by atoms with Crippen molar-refractivity contribution in [3.05, 3.63) is 82.2 Å². The molecule has 0 bridgehead atoms. The van der Waals surface area contributed by atoms with Crippen LogP contribution in [0.25, 0.3) is 0 Å². The number of rotatable bonds is 9. The Morgan fingerprint density at radius 1 is 1.03 bits per heavy atom. The van der Waals surface area contributed by atoms with Crippen LogP contribution in [-0.2, 0) is 14.8 Å². The number of hydrogen-bond acceptors (Lipinski definition) is 6. The lowest BCUT2D eigenvalue weighted by molar-refractivity contribution is -0.0498. The van der Waals surface area contributed by atoms with Gasteiger partial charge in [0.1, 0.15) is 16.1 Å². The molecule has 164 valence electrons. The van der Waals surface area contributed by atoms with Gasteiger partial charge in [0.2, 0.25) is 10.0 Å². The highest BCUT2D eigenvalue weighted by molar-refractivity contribution is 7.91. The van der Waals surface area contributed by atoms with E-state index in [-0.39, 0.29) is 22.1 Å². The number of nitrogens with one attached hydrogen (secondary N) is 1. The van der Waals surface area contributed by atoms with Crippen LogP contribution in [0, 0.1) is 0 Å². The molecular formula is C20H16ClF2NO5S2. The van der Waals surface area contributed by atoms with Gasteiger partial charge in [-0.05, 0) is 42.0 Å². The van der Waals surface area contributed by atoms with E-state index in [1.165, 1.54) is 36.4 Å². The van der Waals surface area contributed by atoms with Crippen molar-refractivity contribution >= 4 is 38.9 Å². The average molecular weight is 488 g/mol. The van der Waals surface area contributed by atoms with Crippen LogP contribution in [0.5, 0.6) is 5.75 Å². The molecule has 0 aliphatic rings. The van der Waals surface area contributed by atoms with E-state index < -0.39 is 28.7 Å². The Morgan fingerprint density at radius 3 is 2.29 bits per heavy atom. The van der Waals surface area contributed by atoms with Gasteiger partial charge in [-0.15, -0.1) is 11.3 Å². The molecule has 0 aliphatic heterocycles. The molecule has 3 rings (SSSR count). The number of esters is 1. The van der Waals surface area contributed by atoms with Crippen molar-refractivity contribution in [2.24, 2.45) is 0 Å². The zero-order valence-corrected chi connectivity index (χ0v) is 18.1. The molecule has 0 aliphatic carbocycles. The van der Waals surface area contributed by atoms with Crippen molar-refractivity contribution in [3.8, 4) is 5.75 Å². The van der Waals surface area contributed by atoms with Crippen LogP contribution >= 0.6 is 22.9 Å². The van der Waals surface area contributed by atoms with Crippen LogP contribution in [-0.4, -0.2) is 27.5 Å². The van der Waals surface area contributed by atoms with Crippen molar-refractivity contribution in [1.82, 2.24) is 4.72 Å². The third kappa shape index (κ3) is 6.47. The Bertz CT molecular complexity index is 1120. The molecule has 1 aromatic heterocycles. The number of carbonyl (C=O) groups excluding carboxylic acids is 1. The van der Waals surface area contributed by atoms with Gasteiger partial charge in [0.25, 0.3) is 0 Å². The summed E-state index contributed by atoms with van der Waals surface area (Å²) in [5.41, 5.74) is 0.663. The minimum absolute atomic E-state index is 0.0326. The molecule has 1 atom stereocenters. The highest BCUT2D eigenvalue weighted by Crippen LogP contribution is 2.26.